The molecule has 0 radical (unpaired) electrons. The summed E-state index contributed by atoms with van der Waals surface area (Å²) in [6.07, 6.45) is 3.39. The molecule has 1 aliphatic rings. The number of rotatable bonds is 4. The number of para-hydroxylation sites is 1. The highest BCUT2D eigenvalue weighted by molar-refractivity contribution is 6.13. The molecule has 1 fully saturated rings. The van der Waals surface area contributed by atoms with E-state index < -0.39 is 0 Å². The lowest BCUT2D eigenvalue weighted by Gasteiger charge is -2.15. The highest BCUT2D eigenvalue weighted by atomic mass is 14.8. The number of allylic oxidation sites excluding steroid dienone is 2. The van der Waals surface area contributed by atoms with E-state index in [0.717, 1.165) is 17.3 Å². The Kier molecular flexibility index (Phi) is 4.21. The molecule has 3 rings (SSSR count). The van der Waals surface area contributed by atoms with Gasteiger partial charge in [0, 0.05) is 5.56 Å². The van der Waals surface area contributed by atoms with Gasteiger partial charge in [0.05, 0.1) is 11.4 Å². The molecule has 0 spiro atoms. The molecular formula is C22H25N. The van der Waals surface area contributed by atoms with Crippen LogP contribution in [0.15, 0.2) is 71.2 Å². The molecule has 2 aromatic rings. The van der Waals surface area contributed by atoms with Crippen molar-refractivity contribution >= 4 is 11.4 Å². The quantitative estimate of drug-likeness (QED) is 0.608. The van der Waals surface area contributed by atoms with E-state index >= 15 is 0 Å². The standard InChI is InChI=1S/C22H25N/c1-5-16(2)21(18-11-7-6-8-12-18)23-20-14-10-9-13-19(20)22(4)15-17(22)3/h5-14,17H,15H2,1-4H3/b16-5-,23-21?. The first-order valence-electron chi connectivity index (χ1n) is 8.43. The molecule has 0 aromatic heterocycles. The molecule has 1 heteroatoms. The van der Waals surface area contributed by atoms with Crippen LogP contribution in [0.2, 0.25) is 0 Å². The van der Waals surface area contributed by atoms with Gasteiger partial charge in [-0.3, -0.25) is 0 Å². The largest absolute Gasteiger partial charge is 0.248 e. The second-order valence-electron chi connectivity index (χ2n) is 6.84. The fourth-order valence-electron chi connectivity index (χ4n) is 3.24. The van der Waals surface area contributed by atoms with Crippen molar-refractivity contribution in [3.8, 4) is 0 Å². The van der Waals surface area contributed by atoms with Crippen LogP contribution in [0.3, 0.4) is 0 Å². The lowest BCUT2D eigenvalue weighted by molar-refractivity contribution is 0.703. The van der Waals surface area contributed by atoms with Gasteiger partial charge >= 0.3 is 0 Å². The summed E-state index contributed by atoms with van der Waals surface area (Å²) in [6, 6.07) is 19.1. The lowest BCUT2D eigenvalue weighted by atomic mass is 9.94. The van der Waals surface area contributed by atoms with Crippen LogP contribution < -0.4 is 0 Å². The minimum atomic E-state index is 0.283. The van der Waals surface area contributed by atoms with E-state index in [-0.39, 0.29) is 5.41 Å². The molecule has 2 unspecified atom stereocenters. The first-order valence-corrected chi connectivity index (χ1v) is 8.43. The van der Waals surface area contributed by atoms with Crippen LogP contribution in [0.1, 0.15) is 45.2 Å². The van der Waals surface area contributed by atoms with Crippen molar-refractivity contribution in [2.75, 3.05) is 0 Å². The zero-order chi connectivity index (χ0) is 16.4. The number of aliphatic imine (C=N–C) groups is 1. The number of hydrogen-bond acceptors (Lipinski definition) is 1. The predicted octanol–water partition coefficient (Wildman–Crippen LogP) is 6.07. The van der Waals surface area contributed by atoms with Crippen LogP contribution in [-0.2, 0) is 5.41 Å². The number of benzene rings is 2. The maximum absolute atomic E-state index is 5.09. The van der Waals surface area contributed by atoms with Gasteiger partial charge in [0.15, 0.2) is 0 Å². The summed E-state index contributed by atoms with van der Waals surface area (Å²) >= 11 is 0. The molecule has 1 aliphatic carbocycles. The number of nitrogens with zero attached hydrogens (tertiary/aromatic N) is 1. The topological polar surface area (TPSA) is 12.4 Å². The Balaban J connectivity index is 2.12. The molecule has 0 aliphatic heterocycles. The molecule has 2 atom stereocenters. The Hall–Kier alpha value is -2.15. The van der Waals surface area contributed by atoms with E-state index in [1.165, 1.54) is 23.1 Å². The van der Waals surface area contributed by atoms with Gasteiger partial charge in [-0.15, -0.1) is 0 Å². The Morgan fingerprint density at radius 3 is 2.30 bits per heavy atom. The van der Waals surface area contributed by atoms with Crippen LogP contribution >= 0.6 is 0 Å². The van der Waals surface area contributed by atoms with E-state index in [1.54, 1.807) is 0 Å². The van der Waals surface area contributed by atoms with E-state index in [2.05, 4.69) is 82.3 Å². The molecule has 0 bridgehead atoms. The van der Waals surface area contributed by atoms with Crippen molar-refractivity contribution in [2.24, 2.45) is 10.9 Å². The normalized spacial score (nSPS) is 24.6. The molecule has 0 saturated heterocycles. The van der Waals surface area contributed by atoms with E-state index in [9.17, 15) is 0 Å². The zero-order valence-electron chi connectivity index (χ0n) is 14.5. The van der Waals surface area contributed by atoms with Crippen molar-refractivity contribution in [1.29, 1.82) is 0 Å². The van der Waals surface area contributed by atoms with Crippen LogP contribution in [0.5, 0.6) is 0 Å². The summed E-state index contributed by atoms with van der Waals surface area (Å²) in [7, 11) is 0. The summed E-state index contributed by atoms with van der Waals surface area (Å²) in [5, 5.41) is 0. The Morgan fingerprint density at radius 1 is 1.09 bits per heavy atom. The fourth-order valence-corrected chi connectivity index (χ4v) is 3.24. The third kappa shape index (κ3) is 3.01. The van der Waals surface area contributed by atoms with E-state index in [1.807, 2.05) is 6.07 Å². The van der Waals surface area contributed by atoms with E-state index in [4.69, 9.17) is 4.99 Å². The van der Waals surface area contributed by atoms with Gasteiger partial charge in [0.1, 0.15) is 0 Å². The smallest absolute Gasteiger partial charge is 0.0735 e. The average molecular weight is 303 g/mol. The van der Waals surface area contributed by atoms with Crippen molar-refractivity contribution in [3.05, 3.63) is 77.4 Å². The molecule has 0 N–H and O–H groups in total. The highest BCUT2D eigenvalue weighted by Gasteiger charge is 2.48. The van der Waals surface area contributed by atoms with Crippen LogP contribution in [0, 0.1) is 5.92 Å². The Labute approximate surface area is 139 Å². The van der Waals surface area contributed by atoms with Gasteiger partial charge in [-0.2, -0.15) is 0 Å². The third-order valence-electron chi connectivity index (χ3n) is 5.26. The molecule has 118 valence electrons. The summed E-state index contributed by atoms with van der Waals surface area (Å²) in [4.78, 5) is 5.09. The van der Waals surface area contributed by atoms with Crippen molar-refractivity contribution in [1.82, 2.24) is 0 Å². The Bertz CT molecular complexity index is 755. The van der Waals surface area contributed by atoms with Crippen molar-refractivity contribution in [3.63, 3.8) is 0 Å². The van der Waals surface area contributed by atoms with E-state index in [0.29, 0.717) is 0 Å². The van der Waals surface area contributed by atoms with Crippen molar-refractivity contribution < 1.29 is 0 Å². The molecular weight excluding hydrogens is 278 g/mol. The fraction of sp³-hybridized carbons (Fsp3) is 0.318. The first-order chi connectivity index (χ1) is 11.1. The minimum absolute atomic E-state index is 0.283. The van der Waals surface area contributed by atoms with Crippen molar-refractivity contribution in [2.45, 2.75) is 39.5 Å². The molecule has 1 saturated carbocycles. The van der Waals surface area contributed by atoms with Crippen LogP contribution in [0.25, 0.3) is 0 Å². The summed E-state index contributed by atoms with van der Waals surface area (Å²) in [5.41, 5.74) is 6.22. The zero-order valence-corrected chi connectivity index (χ0v) is 14.5. The first kappa shape index (κ1) is 15.7. The third-order valence-corrected chi connectivity index (χ3v) is 5.26. The molecule has 1 nitrogen and oxygen atoms in total. The second-order valence-corrected chi connectivity index (χ2v) is 6.84. The number of hydrogen-bond donors (Lipinski definition) is 0. The Morgan fingerprint density at radius 2 is 1.70 bits per heavy atom. The summed E-state index contributed by atoms with van der Waals surface area (Å²) in [5.74, 6) is 0.738. The average Bonchev–Trinajstić information content (AvgIpc) is 3.21. The molecule has 23 heavy (non-hydrogen) atoms. The predicted molar refractivity (Wildman–Crippen MR) is 99.6 cm³/mol. The maximum Gasteiger partial charge on any atom is 0.0735 e. The maximum atomic E-state index is 5.09. The summed E-state index contributed by atoms with van der Waals surface area (Å²) < 4.78 is 0. The van der Waals surface area contributed by atoms with Gasteiger partial charge in [0.2, 0.25) is 0 Å². The second kappa shape index (κ2) is 6.16. The van der Waals surface area contributed by atoms with Crippen LogP contribution in [-0.4, -0.2) is 5.71 Å². The lowest BCUT2D eigenvalue weighted by Crippen LogP contribution is -2.06. The molecule has 2 aromatic carbocycles. The highest BCUT2D eigenvalue weighted by Crippen LogP contribution is 2.55. The van der Waals surface area contributed by atoms with Gasteiger partial charge < -0.3 is 0 Å². The van der Waals surface area contributed by atoms with Crippen LogP contribution in [0.4, 0.5) is 5.69 Å². The van der Waals surface area contributed by atoms with Gasteiger partial charge in [-0.05, 0) is 48.8 Å². The monoisotopic (exact) mass is 303 g/mol. The SMILES string of the molecule is C/C=C(/C)C(=Nc1ccccc1C1(C)CC1C)c1ccccc1. The van der Waals surface area contributed by atoms with Gasteiger partial charge in [-0.1, -0.05) is 68.5 Å². The van der Waals surface area contributed by atoms with Gasteiger partial charge in [0.25, 0.3) is 0 Å². The molecule has 0 heterocycles. The van der Waals surface area contributed by atoms with Gasteiger partial charge in [-0.25, -0.2) is 4.99 Å². The minimum Gasteiger partial charge on any atom is -0.248 e. The molecule has 0 amide bonds. The summed E-state index contributed by atoms with van der Waals surface area (Å²) in [6.45, 7) is 8.90.